The van der Waals surface area contributed by atoms with Crippen LogP contribution in [0.2, 0.25) is 0 Å². The summed E-state index contributed by atoms with van der Waals surface area (Å²) in [4.78, 5) is 11.8. The van der Waals surface area contributed by atoms with Crippen molar-refractivity contribution in [2.75, 3.05) is 34.2 Å². The Kier molecular flexibility index (Phi) is 6.93. The second-order valence-corrected chi connectivity index (χ2v) is 11.1. The van der Waals surface area contributed by atoms with Gasteiger partial charge in [-0.05, 0) is 104 Å². The standard InChI is InChI=1S/C30H34N2O6/c1-34-9-10-36-18-37-26-8-7-24(14-25(26)30-15-19-11-20(16-30)13-21(12-19)17-30)28-32-31-27(38-28)22-3-5-23(6-4-22)29(33)35-2/h3-8,14,19-21H,9-13,15-18H2,1-2H3. The third kappa shape index (κ3) is 4.83. The molecule has 0 atom stereocenters. The maximum Gasteiger partial charge on any atom is 0.337 e. The summed E-state index contributed by atoms with van der Waals surface area (Å²) in [5.41, 5.74) is 3.46. The van der Waals surface area contributed by atoms with Crippen LogP contribution in [0.15, 0.2) is 46.9 Å². The second kappa shape index (κ2) is 10.5. The van der Waals surface area contributed by atoms with E-state index in [4.69, 9.17) is 23.4 Å². The van der Waals surface area contributed by atoms with Gasteiger partial charge in [-0.1, -0.05) is 0 Å². The van der Waals surface area contributed by atoms with E-state index < -0.39 is 0 Å². The topological polar surface area (TPSA) is 92.9 Å². The second-order valence-electron chi connectivity index (χ2n) is 11.1. The molecular formula is C30H34N2O6. The molecule has 8 nitrogen and oxygen atoms in total. The lowest BCUT2D eigenvalue weighted by Crippen LogP contribution is -2.48. The van der Waals surface area contributed by atoms with Crippen LogP contribution in [-0.4, -0.2) is 50.4 Å². The van der Waals surface area contributed by atoms with Gasteiger partial charge in [0.25, 0.3) is 0 Å². The number of methoxy groups -OCH3 is 2. The molecule has 0 amide bonds. The largest absolute Gasteiger partial charge is 0.467 e. The van der Waals surface area contributed by atoms with Crippen LogP contribution in [0.1, 0.15) is 54.4 Å². The monoisotopic (exact) mass is 518 g/mol. The third-order valence-electron chi connectivity index (χ3n) is 8.54. The van der Waals surface area contributed by atoms with Gasteiger partial charge < -0.3 is 23.4 Å². The Morgan fingerprint density at radius 2 is 1.53 bits per heavy atom. The van der Waals surface area contributed by atoms with Gasteiger partial charge in [-0.25, -0.2) is 4.79 Å². The number of esters is 1. The lowest BCUT2D eigenvalue weighted by atomic mass is 9.48. The lowest BCUT2D eigenvalue weighted by Gasteiger charge is -2.57. The van der Waals surface area contributed by atoms with Gasteiger partial charge >= 0.3 is 5.97 Å². The average molecular weight is 519 g/mol. The van der Waals surface area contributed by atoms with Gasteiger partial charge in [-0.2, -0.15) is 0 Å². The van der Waals surface area contributed by atoms with E-state index >= 15 is 0 Å². The molecule has 0 N–H and O–H groups in total. The molecule has 38 heavy (non-hydrogen) atoms. The number of rotatable bonds is 10. The minimum Gasteiger partial charge on any atom is -0.467 e. The van der Waals surface area contributed by atoms with Gasteiger partial charge in [0.1, 0.15) is 5.75 Å². The van der Waals surface area contributed by atoms with Crippen LogP contribution in [-0.2, 0) is 19.6 Å². The highest BCUT2D eigenvalue weighted by Crippen LogP contribution is 2.62. The van der Waals surface area contributed by atoms with E-state index in [1.54, 1.807) is 31.4 Å². The number of carbonyl (C=O) groups is 1. The lowest BCUT2D eigenvalue weighted by molar-refractivity contribution is -0.0189. The van der Waals surface area contributed by atoms with E-state index in [0.717, 1.165) is 34.6 Å². The Balaban J connectivity index is 1.29. The minimum atomic E-state index is -0.383. The highest BCUT2D eigenvalue weighted by Gasteiger charge is 2.52. The van der Waals surface area contributed by atoms with Crippen molar-refractivity contribution < 1.29 is 28.2 Å². The highest BCUT2D eigenvalue weighted by molar-refractivity contribution is 5.89. The Morgan fingerprint density at radius 1 is 0.895 bits per heavy atom. The molecule has 2 aromatic carbocycles. The van der Waals surface area contributed by atoms with Gasteiger partial charge in [0.05, 0.1) is 25.9 Å². The molecule has 4 saturated carbocycles. The Bertz CT molecular complexity index is 1250. The van der Waals surface area contributed by atoms with E-state index in [1.807, 2.05) is 12.1 Å². The van der Waals surface area contributed by atoms with Crippen LogP contribution in [0.5, 0.6) is 5.75 Å². The first-order valence-corrected chi connectivity index (χ1v) is 13.4. The zero-order chi connectivity index (χ0) is 26.1. The van der Waals surface area contributed by atoms with E-state index in [1.165, 1.54) is 51.2 Å². The summed E-state index contributed by atoms with van der Waals surface area (Å²) in [5.74, 6) is 3.78. The first-order chi connectivity index (χ1) is 18.6. The fourth-order valence-electron chi connectivity index (χ4n) is 7.27. The number of nitrogens with zero attached hydrogens (tertiary/aromatic N) is 2. The molecule has 1 aromatic heterocycles. The highest BCUT2D eigenvalue weighted by atomic mass is 16.7. The molecule has 4 aliphatic rings. The van der Waals surface area contributed by atoms with Crippen LogP contribution >= 0.6 is 0 Å². The smallest absolute Gasteiger partial charge is 0.337 e. The van der Waals surface area contributed by atoms with E-state index in [2.05, 4.69) is 16.3 Å². The van der Waals surface area contributed by atoms with Crippen LogP contribution in [0, 0.1) is 17.8 Å². The average Bonchev–Trinajstić information content (AvgIpc) is 3.42. The number of aromatic nitrogens is 2. The SMILES string of the molecule is COCCOCOc1ccc(-c2nnc(-c3ccc(C(=O)OC)cc3)o2)cc1C12CC3CC(CC(C3)C1)C2. The number of benzene rings is 2. The summed E-state index contributed by atoms with van der Waals surface area (Å²) in [6.45, 7) is 1.22. The summed E-state index contributed by atoms with van der Waals surface area (Å²) in [6.07, 6.45) is 7.76. The zero-order valence-electron chi connectivity index (χ0n) is 22.0. The van der Waals surface area contributed by atoms with Crippen molar-refractivity contribution in [2.24, 2.45) is 17.8 Å². The van der Waals surface area contributed by atoms with Crippen LogP contribution in [0.4, 0.5) is 0 Å². The number of hydrogen-bond donors (Lipinski definition) is 0. The molecule has 0 aliphatic heterocycles. The van der Waals surface area contributed by atoms with Gasteiger partial charge in [0, 0.05) is 23.8 Å². The molecule has 4 bridgehead atoms. The van der Waals surface area contributed by atoms with Crippen molar-refractivity contribution in [3.63, 3.8) is 0 Å². The molecule has 0 unspecified atom stereocenters. The predicted molar refractivity (Wildman–Crippen MR) is 140 cm³/mol. The van der Waals surface area contributed by atoms with E-state index in [0.29, 0.717) is 30.6 Å². The molecule has 3 aromatic rings. The van der Waals surface area contributed by atoms with Crippen LogP contribution in [0.25, 0.3) is 22.9 Å². The van der Waals surface area contributed by atoms with E-state index in [9.17, 15) is 4.79 Å². The minimum absolute atomic E-state index is 0.124. The van der Waals surface area contributed by atoms with Crippen molar-refractivity contribution >= 4 is 5.97 Å². The molecule has 0 saturated heterocycles. The molecule has 4 aliphatic carbocycles. The van der Waals surface area contributed by atoms with E-state index in [-0.39, 0.29) is 18.2 Å². The molecule has 0 spiro atoms. The van der Waals surface area contributed by atoms with Gasteiger partial charge in [0.2, 0.25) is 11.8 Å². The fraction of sp³-hybridized carbons (Fsp3) is 0.500. The third-order valence-corrected chi connectivity index (χ3v) is 8.54. The maximum atomic E-state index is 11.8. The maximum absolute atomic E-state index is 11.8. The quantitative estimate of drug-likeness (QED) is 0.193. The Morgan fingerprint density at radius 3 is 2.16 bits per heavy atom. The summed E-state index contributed by atoms with van der Waals surface area (Å²) in [5, 5.41) is 8.65. The van der Waals surface area contributed by atoms with Crippen LogP contribution < -0.4 is 4.74 Å². The van der Waals surface area contributed by atoms with Gasteiger partial charge in [-0.15, -0.1) is 10.2 Å². The number of hydrogen-bond acceptors (Lipinski definition) is 8. The Labute approximate surface area is 222 Å². The van der Waals surface area contributed by atoms with Gasteiger partial charge in [-0.3, -0.25) is 0 Å². The number of carbonyl (C=O) groups excluding carboxylic acids is 1. The molecule has 1 heterocycles. The molecule has 4 fully saturated rings. The number of ether oxygens (including phenoxy) is 4. The van der Waals surface area contributed by atoms with Crippen molar-refractivity contribution in [3.05, 3.63) is 53.6 Å². The zero-order valence-corrected chi connectivity index (χ0v) is 22.0. The summed E-state index contributed by atoms with van der Waals surface area (Å²) >= 11 is 0. The summed E-state index contributed by atoms with van der Waals surface area (Å²) < 4.78 is 27.8. The molecule has 0 radical (unpaired) electrons. The predicted octanol–water partition coefficient (Wildman–Crippen LogP) is 5.66. The fourth-order valence-corrected chi connectivity index (χ4v) is 7.27. The first-order valence-electron chi connectivity index (χ1n) is 13.4. The molecule has 7 rings (SSSR count). The van der Waals surface area contributed by atoms with Crippen molar-refractivity contribution in [3.8, 4) is 28.7 Å². The molecular weight excluding hydrogens is 484 g/mol. The van der Waals surface area contributed by atoms with Crippen LogP contribution in [0.3, 0.4) is 0 Å². The van der Waals surface area contributed by atoms with Crippen molar-refractivity contribution in [2.45, 2.75) is 43.9 Å². The van der Waals surface area contributed by atoms with Crippen molar-refractivity contribution in [1.29, 1.82) is 0 Å². The van der Waals surface area contributed by atoms with Gasteiger partial charge in [0.15, 0.2) is 6.79 Å². The first kappa shape index (κ1) is 25.1. The summed E-state index contributed by atoms with van der Waals surface area (Å²) in [7, 11) is 3.03. The summed E-state index contributed by atoms with van der Waals surface area (Å²) in [6, 6.07) is 13.2. The molecule has 200 valence electrons. The van der Waals surface area contributed by atoms with Crippen molar-refractivity contribution in [1.82, 2.24) is 10.2 Å². The normalized spacial score (nSPS) is 25.5. The Hall–Kier alpha value is -3.23. The molecule has 8 heteroatoms.